The van der Waals surface area contributed by atoms with Gasteiger partial charge in [-0.1, -0.05) is 6.92 Å². The van der Waals surface area contributed by atoms with Gasteiger partial charge in [-0.2, -0.15) is 0 Å². The molecule has 0 aromatic carbocycles. The van der Waals surface area contributed by atoms with Gasteiger partial charge in [-0.15, -0.1) is 0 Å². The molecule has 3 heteroatoms. The first-order chi connectivity index (χ1) is 5.56. The number of hydrogen-bond acceptors (Lipinski definition) is 3. The average Bonchev–Trinajstić information content (AvgIpc) is 2.00. The summed E-state index contributed by atoms with van der Waals surface area (Å²) >= 11 is 0. The van der Waals surface area contributed by atoms with E-state index in [0.29, 0.717) is 12.8 Å². The van der Waals surface area contributed by atoms with Crippen molar-refractivity contribution in [1.82, 2.24) is 0 Å². The molecule has 0 saturated carbocycles. The lowest BCUT2D eigenvalue weighted by Gasteiger charge is -2.10. The molecule has 2 unspecified atom stereocenters. The van der Waals surface area contributed by atoms with Crippen molar-refractivity contribution in [2.24, 2.45) is 0 Å². The summed E-state index contributed by atoms with van der Waals surface area (Å²) in [4.78, 5) is 11.0. The average molecular weight is 174 g/mol. The van der Waals surface area contributed by atoms with Crippen LogP contribution in [0.15, 0.2) is 0 Å². The zero-order valence-corrected chi connectivity index (χ0v) is 8.04. The molecular weight excluding hydrogens is 156 g/mol. The van der Waals surface area contributed by atoms with Crippen LogP contribution in [0.25, 0.3) is 0 Å². The van der Waals surface area contributed by atoms with E-state index in [2.05, 4.69) is 0 Å². The minimum Gasteiger partial charge on any atom is -0.463 e. The number of carbonyl (C=O) groups excluding carboxylic acids is 1. The molecule has 0 aliphatic carbocycles. The monoisotopic (exact) mass is 174 g/mol. The second-order valence-electron chi connectivity index (χ2n) is 3.10. The molecule has 72 valence electrons. The predicted octanol–water partition coefficient (Wildman–Crippen LogP) is 1.49. The van der Waals surface area contributed by atoms with E-state index in [4.69, 9.17) is 9.84 Å². The normalized spacial score (nSPS) is 15.3. The molecule has 0 fully saturated rings. The second-order valence-corrected chi connectivity index (χ2v) is 3.10. The molecular formula is C9H18O3. The molecule has 0 spiro atoms. The first kappa shape index (κ1) is 11.4. The van der Waals surface area contributed by atoms with Crippen LogP contribution in [0.3, 0.4) is 0 Å². The number of esters is 1. The third-order valence-corrected chi connectivity index (χ3v) is 1.67. The molecule has 0 aliphatic heterocycles. The van der Waals surface area contributed by atoms with Crippen molar-refractivity contribution in [1.29, 1.82) is 0 Å². The number of carbonyl (C=O) groups is 1. The van der Waals surface area contributed by atoms with Crippen LogP contribution in [-0.4, -0.2) is 23.3 Å². The van der Waals surface area contributed by atoms with Crippen molar-refractivity contribution in [3.63, 3.8) is 0 Å². The number of hydrogen-bond donors (Lipinski definition) is 1. The second kappa shape index (κ2) is 6.00. The van der Waals surface area contributed by atoms with Gasteiger partial charge in [0.2, 0.25) is 0 Å². The van der Waals surface area contributed by atoms with Gasteiger partial charge in [-0.3, -0.25) is 4.79 Å². The molecule has 0 amide bonds. The fraction of sp³-hybridized carbons (Fsp3) is 0.889. The van der Waals surface area contributed by atoms with E-state index < -0.39 is 6.10 Å². The maximum atomic E-state index is 11.0. The van der Waals surface area contributed by atoms with Crippen LogP contribution in [0.1, 0.15) is 40.0 Å². The van der Waals surface area contributed by atoms with Gasteiger partial charge >= 0.3 is 5.97 Å². The molecule has 0 rings (SSSR count). The topological polar surface area (TPSA) is 46.5 Å². The van der Waals surface area contributed by atoms with E-state index in [1.807, 2.05) is 13.8 Å². The first-order valence-corrected chi connectivity index (χ1v) is 4.43. The van der Waals surface area contributed by atoms with E-state index in [1.165, 1.54) is 0 Å². The van der Waals surface area contributed by atoms with E-state index in [1.54, 1.807) is 6.92 Å². The molecule has 0 bridgehead atoms. The van der Waals surface area contributed by atoms with E-state index in [9.17, 15) is 4.79 Å². The molecule has 0 heterocycles. The molecule has 2 atom stereocenters. The van der Waals surface area contributed by atoms with Gasteiger partial charge in [0.1, 0.15) is 0 Å². The van der Waals surface area contributed by atoms with Crippen LogP contribution in [0.2, 0.25) is 0 Å². The fourth-order valence-corrected chi connectivity index (χ4v) is 0.693. The van der Waals surface area contributed by atoms with Crippen molar-refractivity contribution in [2.45, 2.75) is 52.2 Å². The largest absolute Gasteiger partial charge is 0.463 e. The number of aliphatic hydroxyl groups excluding tert-OH is 1. The molecule has 12 heavy (non-hydrogen) atoms. The highest BCUT2D eigenvalue weighted by Gasteiger charge is 2.08. The minimum absolute atomic E-state index is 0.00787. The summed E-state index contributed by atoms with van der Waals surface area (Å²) in [5.74, 6) is -0.217. The van der Waals surface area contributed by atoms with Crippen LogP contribution < -0.4 is 0 Å². The summed E-state index contributed by atoms with van der Waals surface area (Å²) in [6, 6.07) is 0. The molecule has 0 aromatic rings. The smallest absolute Gasteiger partial charge is 0.306 e. The third kappa shape index (κ3) is 6.16. The van der Waals surface area contributed by atoms with E-state index in [0.717, 1.165) is 6.42 Å². The minimum atomic E-state index is -0.422. The van der Waals surface area contributed by atoms with Gasteiger partial charge in [-0.25, -0.2) is 0 Å². The standard InChI is InChI=1S/C9H18O3/c1-4-8(3)12-9(11)6-5-7(2)10/h7-8,10H,4-6H2,1-3H3. The zero-order chi connectivity index (χ0) is 9.56. The Hall–Kier alpha value is -0.570. The SMILES string of the molecule is CCC(C)OC(=O)CCC(C)O. The van der Waals surface area contributed by atoms with Crippen LogP contribution in [-0.2, 0) is 9.53 Å². The Morgan fingerprint density at radius 3 is 2.50 bits per heavy atom. The molecule has 1 N–H and O–H groups in total. The zero-order valence-electron chi connectivity index (χ0n) is 8.04. The predicted molar refractivity (Wildman–Crippen MR) is 46.8 cm³/mol. The highest BCUT2D eigenvalue weighted by Crippen LogP contribution is 2.02. The van der Waals surface area contributed by atoms with Crippen LogP contribution in [0.5, 0.6) is 0 Å². The summed E-state index contributed by atoms with van der Waals surface area (Å²) in [5, 5.41) is 8.88. The molecule has 0 radical (unpaired) electrons. The van der Waals surface area contributed by atoms with Gasteiger partial charge in [-0.05, 0) is 26.7 Å². The number of rotatable bonds is 5. The Morgan fingerprint density at radius 2 is 2.08 bits per heavy atom. The number of aliphatic hydroxyl groups is 1. The molecule has 0 saturated heterocycles. The highest BCUT2D eigenvalue weighted by molar-refractivity contribution is 5.69. The van der Waals surface area contributed by atoms with E-state index >= 15 is 0 Å². The Morgan fingerprint density at radius 1 is 1.50 bits per heavy atom. The Bertz CT molecular complexity index is 132. The summed E-state index contributed by atoms with van der Waals surface area (Å²) in [7, 11) is 0. The van der Waals surface area contributed by atoms with Crippen LogP contribution in [0, 0.1) is 0 Å². The van der Waals surface area contributed by atoms with Gasteiger partial charge in [0.15, 0.2) is 0 Å². The quantitative estimate of drug-likeness (QED) is 0.642. The van der Waals surface area contributed by atoms with Gasteiger partial charge in [0.25, 0.3) is 0 Å². The van der Waals surface area contributed by atoms with E-state index in [-0.39, 0.29) is 12.1 Å². The van der Waals surface area contributed by atoms with Crippen molar-refractivity contribution in [3.8, 4) is 0 Å². The summed E-state index contributed by atoms with van der Waals surface area (Å²) in [5.41, 5.74) is 0. The maximum absolute atomic E-state index is 11.0. The summed E-state index contributed by atoms with van der Waals surface area (Å²) < 4.78 is 5.00. The Labute approximate surface area is 73.7 Å². The van der Waals surface area contributed by atoms with Crippen molar-refractivity contribution in [3.05, 3.63) is 0 Å². The van der Waals surface area contributed by atoms with Crippen LogP contribution >= 0.6 is 0 Å². The summed E-state index contributed by atoms with van der Waals surface area (Å²) in [6.07, 6.45) is 1.19. The first-order valence-electron chi connectivity index (χ1n) is 4.43. The maximum Gasteiger partial charge on any atom is 0.306 e. The van der Waals surface area contributed by atoms with Crippen molar-refractivity contribution >= 4 is 5.97 Å². The van der Waals surface area contributed by atoms with Crippen molar-refractivity contribution in [2.75, 3.05) is 0 Å². The Balaban J connectivity index is 3.46. The third-order valence-electron chi connectivity index (χ3n) is 1.67. The molecule has 0 aromatic heterocycles. The van der Waals surface area contributed by atoms with Gasteiger partial charge in [0.05, 0.1) is 12.2 Å². The van der Waals surface area contributed by atoms with Gasteiger partial charge < -0.3 is 9.84 Å². The molecule has 3 nitrogen and oxygen atoms in total. The lowest BCUT2D eigenvalue weighted by Crippen LogP contribution is -2.15. The Kier molecular flexibility index (Phi) is 5.72. The lowest BCUT2D eigenvalue weighted by atomic mass is 10.2. The lowest BCUT2D eigenvalue weighted by molar-refractivity contribution is -0.148. The highest BCUT2D eigenvalue weighted by atomic mass is 16.5. The van der Waals surface area contributed by atoms with Crippen LogP contribution in [0.4, 0.5) is 0 Å². The number of ether oxygens (including phenoxy) is 1. The van der Waals surface area contributed by atoms with Gasteiger partial charge in [0, 0.05) is 6.42 Å². The summed E-state index contributed by atoms with van der Waals surface area (Å²) in [6.45, 7) is 5.49. The molecule has 0 aliphatic rings. The fourth-order valence-electron chi connectivity index (χ4n) is 0.693. The van der Waals surface area contributed by atoms with Crippen molar-refractivity contribution < 1.29 is 14.6 Å².